The third-order valence-electron chi connectivity index (χ3n) is 3.52. The lowest BCUT2D eigenvalue weighted by Crippen LogP contribution is -2.23. The molecule has 0 amide bonds. The highest BCUT2D eigenvalue weighted by molar-refractivity contribution is 7.11. The predicted octanol–water partition coefficient (Wildman–Crippen LogP) is 1.51. The van der Waals surface area contributed by atoms with Crippen molar-refractivity contribution in [1.82, 2.24) is 24.8 Å². The van der Waals surface area contributed by atoms with Crippen LogP contribution in [0.3, 0.4) is 0 Å². The van der Waals surface area contributed by atoms with E-state index >= 15 is 0 Å². The van der Waals surface area contributed by atoms with Crippen LogP contribution in [0.15, 0.2) is 28.4 Å². The summed E-state index contributed by atoms with van der Waals surface area (Å²) in [6.07, 6.45) is 0. The molecule has 2 aromatic heterocycles. The number of carbonyl (C=O) groups is 1. The first-order valence-corrected chi connectivity index (χ1v) is 8.02. The van der Waals surface area contributed by atoms with Crippen molar-refractivity contribution >= 4 is 17.1 Å². The van der Waals surface area contributed by atoms with Crippen molar-refractivity contribution in [3.63, 3.8) is 0 Å². The minimum atomic E-state index is -0.338. The third kappa shape index (κ3) is 2.98. The zero-order chi connectivity index (χ0) is 17.3. The van der Waals surface area contributed by atoms with Gasteiger partial charge in [-0.15, -0.1) is 0 Å². The fourth-order valence-electron chi connectivity index (χ4n) is 2.16. The molecule has 0 atom stereocenters. The molecule has 9 heteroatoms. The van der Waals surface area contributed by atoms with Crippen molar-refractivity contribution < 1.29 is 9.53 Å². The Morgan fingerprint density at radius 2 is 2.12 bits per heavy atom. The Balaban J connectivity index is 1.91. The van der Waals surface area contributed by atoms with E-state index in [1.54, 1.807) is 11.4 Å². The predicted molar refractivity (Wildman–Crippen MR) is 87.8 cm³/mol. The van der Waals surface area contributed by atoms with Crippen molar-refractivity contribution in [2.45, 2.75) is 20.5 Å². The maximum atomic E-state index is 12.1. The second-order valence-electron chi connectivity index (χ2n) is 5.21. The third-order valence-corrected chi connectivity index (χ3v) is 4.27. The highest BCUT2D eigenvalue weighted by Crippen LogP contribution is 2.23. The lowest BCUT2D eigenvalue weighted by molar-refractivity contribution is 0.101. The van der Waals surface area contributed by atoms with Crippen molar-refractivity contribution in [3.8, 4) is 10.9 Å². The summed E-state index contributed by atoms with van der Waals surface area (Å²) in [4.78, 5) is 27.5. The van der Waals surface area contributed by atoms with Crippen LogP contribution in [-0.4, -0.2) is 30.6 Å². The number of nitrogens with zero attached hydrogens (tertiary/aromatic N) is 5. The number of ketones is 1. The van der Waals surface area contributed by atoms with E-state index in [0.717, 1.165) is 15.8 Å². The number of hydrogen-bond acceptors (Lipinski definition) is 7. The highest BCUT2D eigenvalue weighted by atomic mass is 32.1. The summed E-state index contributed by atoms with van der Waals surface area (Å²) in [5.74, 6) is -0.108. The van der Waals surface area contributed by atoms with Gasteiger partial charge in [0.15, 0.2) is 5.78 Å². The molecule has 0 spiro atoms. The molecule has 0 fully saturated rings. The summed E-state index contributed by atoms with van der Waals surface area (Å²) in [5, 5.41) is 9.67. The lowest BCUT2D eigenvalue weighted by atomic mass is 10.1. The number of tetrazole rings is 1. The molecule has 0 aliphatic heterocycles. The van der Waals surface area contributed by atoms with E-state index in [-0.39, 0.29) is 18.1 Å². The standard InChI is InChI=1S/C15H15N5O3S/c1-9-5-4-6-13(20-15(22)19(3)17-18-20)11(9)7-23-14-16-12(8-24-14)10(2)21/h4-6,8H,7H2,1-3H3. The molecule has 2 heterocycles. The van der Waals surface area contributed by atoms with Crippen molar-refractivity contribution in [3.05, 3.63) is 50.9 Å². The van der Waals surface area contributed by atoms with E-state index in [4.69, 9.17) is 4.74 Å². The van der Waals surface area contributed by atoms with Gasteiger partial charge in [0.05, 0.1) is 5.69 Å². The number of benzene rings is 1. The molecule has 0 aliphatic carbocycles. The van der Waals surface area contributed by atoms with Gasteiger partial charge in [0, 0.05) is 24.9 Å². The zero-order valence-electron chi connectivity index (χ0n) is 13.4. The summed E-state index contributed by atoms with van der Waals surface area (Å²) in [6, 6.07) is 5.55. The zero-order valence-corrected chi connectivity index (χ0v) is 14.2. The van der Waals surface area contributed by atoms with Crippen LogP contribution in [0.25, 0.3) is 5.69 Å². The van der Waals surface area contributed by atoms with E-state index in [2.05, 4.69) is 15.4 Å². The summed E-state index contributed by atoms with van der Waals surface area (Å²) >= 11 is 1.26. The number of hydrogen-bond donors (Lipinski definition) is 0. The molecule has 0 N–H and O–H groups in total. The fourth-order valence-corrected chi connectivity index (χ4v) is 2.87. The summed E-state index contributed by atoms with van der Waals surface area (Å²) in [7, 11) is 1.54. The van der Waals surface area contributed by atoms with E-state index in [1.165, 1.54) is 30.0 Å². The van der Waals surface area contributed by atoms with Crippen molar-refractivity contribution in [2.75, 3.05) is 0 Å². The molecular weight excluding hydrogens is 330 g/mol. The normalized spacial score (nSPS) is 10.8. The first-order valence-electron chi connectivity index (χ1n) is 7.14. The molecular formula is C15H15N5O3S. The van der Waals surface area contributed by atoms with Crippen LogP contribution < -0.4 is 10.4 Å². The molecule has 1 aromatic carbocycles. The second-order valence-corrected chi connectivity index (χ2v) is 6.03. The van der Waals surface area contributed by atoms with Crippen molar-refractivity contribution in [1.29, 1.82) is 0 Å². The summed E-state index contributed by atoms with van der Waals surface area (Å²) in [6.45, 7) is 3.58. The van der Waals surface area contributed by atoms with Crippen LogP contribution in [0, 0.1) is 6.92 Å². The SMILES string of the molecule is CC(=O)c1csc(OCc2c(C)cccc2-n2nnn(C)c2=O)n1. The first kappa shape index (κ1) is 16.1. The largest absolute Gasteiger partial charge is 0.465 e. The molecule has 8 nitrogen and oxygen atoms in total. The Kier molecular flexibility index (Phi) is 4.26. The average molecular weight is 345 g/mol. The Hall–Kier alpha value is -2.81. The maximum Gasteiger partial charge on any atom is 0.368 e. The van der Waals surface area contributed by atoms with Gasteiger partial charge < -0.3 is 4.74 Å². The Morgan fingerprint density at radius 3 is 2.75 bits per heavy atom. The number of carbonyl (C=O) groups excluding carboxylic acids is 1. The molecule has 3 aromatic rings. The van der Waals surface area contributed by atoms with E-state index in [9.17, 15) is 9.59 Å². The van der Waals surface area contributed by atoms with Crippen LogP contribution >= 0.6 is 11.3 Å². The first-order chi connectivity index (χ1) is 11.5. The molecule has 0 aliphatic rings. The van der Waals surface area contributed by atoms with E-state index in [1.807, 2.05) is 19.1 Å². The summed E-state index contributed by atoms with van der Waals surface area (Å²) < 4.78 is 8.09. The fraction of sp³-hybridized carbons (Fsp3) is 0.267. The van der Waals surface area contributed by atoms with Gasteiger partial charge in [0.1, 0.15) is 12.3 Å². The number of aromatic nitrogens is 5. The van der Waals surface area contributed by atoms with Gasteiger partial charge in [0.2, 0.25) is 0 Å². The van der Waals surface area contributed by atoms with Crippen molar-refractivity contribution in [2.24, 2.45) is 7.05 Å². The monoisotopic (exact) mass is 345 g/mol. The minimum Gasteiger partial charge on any atom is -0.465 e. The van der Waals surface area contributed by atoms with Gasteiger partial charge in [-0.3, -0.25) is 4.79 Å². The van der Waals surface area contributed by atoms with Gasteiger partial charge in [-0.1, -0.05) is 23.5 Å². The van der Waals surface area contributed by atoms with Gasteiger partial charge in [-0.05, 0) is 29.0 Å². The van der Waals surface area contributed by atoms with Gasteiger partial charge in [0.25, 0.3) is 5.19 Å². The quantitative estimate of drug-likeness (QED) is 0.651. The molecule has 0 bridgehead atoms. The Labute approximate surface area is 141 Å². The topological polar surface area (TPSA) is 91.9 Å². The van der Waals surface area contributed by atoms with Crippen LogP contribution in [0.5, 0.6) is 5.19 Å². The Morgan fingerprint density at radius 1 is 1.33 bits per heavy atom. The lowest BCUT2D eigenvalue weighted by Gasteiger charge is -2.11. The van der Waals surface area contributed by atoms with Gasteiger partial charge in [-0.2, -0.15) is 14.3 Å². The van der Waals surface area contributed by atoms with Gasteiger partial charge >= 0.3 is 5.69 Å². The number of thiazole rings is 1. The molecule has 0 saturated heterocycles. The van der Waals surface area contributed by atoms with E-state index in [0.29, 0.717) is 16.6 Å². The molecule has 124 valence electrons. The maximum absolute atomic E-state index is 12.1. The number of rotatable bonds is 5. The van der Waals surface area contributed by atoms with Crippen LogP contribution in [0.2, 0.25) is 0 Å². The minimum absolute atomic E-state index is 0.108. The van der Waals surface area contributed by atoms with Crippen LogP contribution in [0.1, 0.15) is 28.5 Å². The molecule has 0 radical (unpaired) electrons. The molecule has 3 rings (SSSR count). The van der Waals surface area contributed by atoms with Gasteiger partial charge in [-0.25, -0.2) is 4.79 Å². The van der Waals surface area contributed by atoms with E-state index < -0.39 is 0 Å². The molecule has 0 saturated carbocycles. The number of ether oxygens (including phenoxy) is 1. The second kappa shape index (κ2) is 6.36. The summed E-state index contributed by atoms with van der Waals surface area (Å²) in [5.41, 5.74) is 2.41. The molecule has 24 heavy (non-hydrogen) atoms. The Bertz CT molecular complexity index is 956. The average Bonchev–Trinajstić information content (AvgIpc) is 3.14. The smallest absolute Gasteiger partial charge is 0.368 e. The number of aryl methyl sites for hydroxylation is 2. The van der Waals surface area contributed by atoms with Crippen LogP contribution in [-0.2, 0) is 13.7 Å². The highest BCUT2D eigenvalue weighted by Gasteiger charge is 2.14. The number of Topliss-reactive ketones (excluding diaryl/α,β-unsaturated/α-hetero) is 1. The molecule has 0 unspecified atom stereocenters. The van der Waals surface area contributed by atoms with Crippen LogP contribution in [0.4, 0.5) is 0 Å².